The smallest absolute Gasteiger partial charge is 0.262 e. The minimum atomic E-state index is -0.861. The van der Waals surface area contributed by atoms with Crippen molar-refractivity contribution in [3.05, 3.63) is 75.9 Å². The Kier molecular flexibility index (Phi) is 5.73. The zero-order valence-corrected chi connectivity index (χ0v) is 19.8. The van der Waals surface area contributed by atoms with Crippen LogP contribution < -0.4 is 0 Å². The largest absolute Gasteiger partial charge is 0.336 e. The Balaban J connectivity index is 1.46. The molecule has 1 aromatic heterocycles. The van der Waals surface area contributed by atoms with Gasteiger partial charge in [0.2, 0.25) is 5.91 Å². The van der Waals surface area contributed by atoms with Gasteiger partial charge in [0, 0.05) is 41.4 Å². The summed E-state index contributed by atoms with van der Waals surface area (Å²) in [7, 11) is 0. The van der Waals surface area contributed by atoms with E-state index < -0.39 is 17.9 Å². The molecule has 2 aromatic carbocycles. The summed E-state index contributed by atoms with van der Waals surface area (Å²) in [5.74, 6) is -1.21. The summed E-state index contributed by atoms with van der Waals surface area (Å²) in [4.78, 5) is 43.2. The maximum atomic E-state index is 13.9. The third kappa shape index (κ3) is 3.60. The van der Waals surface area contributed by atoms with Crippen molar-refractivity contribution in [3.8, 4) is 11.3 Å². The van der Waals surface area contributed by atoms with Crippen LogP contribution in [0, 0.1) is 5.92 Å². The Morgan fingerprint density at radius 3 is 2.47 bits per heavy atom. The standard InChI is InChI=1S/C26H25ClN4O3/c1-3-15(2)23(31-24(32)18-9-4-5-10-19(18)25(31)33)26(34)30-12-11-21-20(14-30)22(29-28-21)16-7-6-8-17(27)13-16/h4-10,13,15,23H,3,11-12,14H2,1-2H3,(H,28,29). The molecule has 34 heavy (non-hydrogen) atoms. The second-order valence-corrected chi connectivity index (χ2v) is 9.34. The highest BCUT2D eigenvalue weighted by molar-refractivity contribution is 6.30. The van der Waals surface area contributed by atoms with Crippen LogP contribution in [0.4, 0.5) is 0 Å². The SMILES string of the molecule is CCC(C)C(C(=O)N1CCc2[nH]nc(-c3cccc(Cl)c3)c2C1)N1C(=O)c2ccccc2C1=O. The number of aromatic amines is 1. The van der Waals surface area contributed by atoms with E-state index in [1.54, 1.807) is 35.2 Å². The third-order valence-corrected chi connectivity index (χ3v) is 7.12. The maximum absolute atomic E-state index is 13.9. The number of carbonyl (C=O) groups excluding carboxylic acids is 3. The molecule has 0 spiro atoms. The van der Waals surface area contributed by atoms with Gasteiger partial charge in [-0.1, -0.05) is 56.1 Å². The number of nitrogens with zero attached hydrogens (tertiary/aromatic N) is 3. The molecule has 8 heteroatoms. The van der Waals surface area contributed by atoms with E-state index in [-0.39, 0.29) is 11.8 Å². The molecule has 3 aromatic rings. The van der Waals surface area contributed by atoms with Gasteiger partial charge in [0.15, 0.2) is 0 Å². The third-order valence-electron chi connectivity index (χ3n) is 6.88. The highest BCUT2D eigenvalue weighted by atomic mass is 35.5. The van der Waals surface area contributed by atoms with Gasteiger partial charge >= 0.3 is 0 Å². The maximum Gasteiger partial charge on any atom is 0.262 e. The Morgan fingerprint density at radius 2 is 1.82 bits per heavy atom. The van der Waals surface area contributed by atoms with Gasteiger partial charge in [0.25, 0.3) is 11.8 Å². The summed E-state index contributed by atoms with van der Waals surface area (Å²) >= 11 is 6.18. The molecular weight excluding hydrogens is 452 g/mol. The zero-order chi connectivity index (χ0) is 24.0. The number of aromatic nitrogens is 2. The lowest BCUT2D eigenvalue weighted by atomic mass is 9.94. The number of rotatable bonds is 5. The molecule has 0 aliphatic carbocycles. The molecule has 0 radical (unpaired) electrons. The molecular formula is C26H25ClN4O3. The van der Waals surface area contributed by atoms with Crippen LogP contribution in [0.1, 0.15) is 52.2 Å². The lowest BCUT2D eigenvalue weighted by Gasteiger charge is -2.36. The summed E-state index contributed by atoms with van der Waals surface area (Å²) < 4.78 is 0. The Hall–Kier alpha value is -3.45. The highest BCUT2D eigenvalue weighted by Crippen LogP contribution is 2.33. The van der Waals surface area contributed by atoms with Crippen LogP contribution in [0.3, 0.4) is 0 Å². The van der Waals surface area contributed by atoms with Crippen molar-refractivity contribution in [2.45, 2.75) is 39.3 Å². The number of halogens is 1. The van der Waals surface area contributed by atoms with Crippen LogP contribution in [0.25, 0.3) is 11.3 Å². The van der Waals surface area contributed by atoms with E-state index in [0.717, 1.165) is 22.5 Å². The number of hydrogen-bond acceptors (Lipinski definition) is 4. The average Bonchev–Trinajstić information content (AvgIpc) is 3.38. The summed E-state index contributed by atoms with van der Waals surface area (Å²) in [5.41, 5.74) is 4.26. The summed E-state index contributed by atoms with van der Waals surface area (Å²) in [6.45, 7) is 4.71. The van der Waals surface area contributed by atoms with E-state index in [0.29, 0.717) is 42.1 Å². The van der Waals surface area contributed by atoms with Crippen LogP contribution in [0.5, 0.6) is 0 Å². The van der Waals surface area contributed by atoms with E-state index in [4.69, 9.17) is 11.6 Å². The van der Waals surface area contributed by atoms with Crippen LogP contribution in [-0.4, -0.2) is 50.3 Å². The van der Waals surface area contributed by atoms with Gasteiger partial charge in [-0.05, 0) is 30.2 Å². The first-order valence-corrected chi connectivity index (χ1v) is 11.9. The lowest BCUT2D eigenvalue weighted by molar-refractivity contribution is -0.138. The molecule has 0 bridgehead atoms. The molecule has 174 valence electrons. The fourth-order valence-corrected chi connectivity index (χ4v) is 5.03. The first-order valence-electron chi connectivity index (χ1n) is 11.5. The molecule has 1 N–H and O–H groups in total. The van der Waals surface area contributed by atoms with Gasteiger partial charge in [-0.3, -0.25) is 24.4 Å². The van der Waals surface area contributed by atoms with Crippen LogP contribution in [-0.2, 0) is 17.8 Å². The monoisotopic (exact) mass is 476 g/mol. The lowest BCUT2D eigenvalue weighted by Crippen LogP contribution is -2.54. The Morgan fingerprint density at radius 1 is 1.12 bits per heavy atom. The minimum absolute atomic E-state index is 0.187. The molecule has 2 aliphatic heterocycles. The topological polar surface area (TPSA) is 86.4 Å². The van der Waals surface area contributed by atoms with E-state index in [9.17, 15) is 14.4 Å². The van der Waals surface area contributed by atoms with Gasteiger partial charge in [-0.25, -0.2) is 0 Å². The fraction of sp³-hybridized carbons (Fsp3) is 0.308. The van der Waals surface area contributed by atoms with Crippen molar-refractivity contribution < 1.29 is 14.4 Å². The van der Waals surface area contributed by atoms with Crippen molar-refractivity contribution in [1.29, 1.82) is 0 Å². The molecule has 5 rings (SSSR count). The predicted molar refractivity (Wildman–Crippen MR) is 128 cm³/mol. The molecule has 2 aliphatic rings. The summed E-state index contributed by atoms with van der Waals surface area (Å²) in [6.07, 6.45) is 1.27. The first kappa shape index (κ1) is 22.3. The number of hydrogen-bond donors (Lipinski definition) is 1. The molecule has 0 fully saturated rings. The van der Waals surface area contributed by atoms with Gasteiger partial charge < -0.3 is 4.90 Å². The normalized spacial score (nSPS) is 16.9. The van der Waals surface area contributed by atoms with Crippen molar-refractivity contribution in [2.24, 2.45) is 5.92 Å². The molecule has 3 heterocycles. The van der Waals surface area contributed by atoms with Crippen LogP contribution in [0.2, 0.25) is 5.02 Å². The van der Waals surface area contributed by atoms with Crippen molar-refractivity contribution in [3.63, 3.8) is 0 Å². The number of H-pyrrole nitrogens is 1. The molecule has 2 unspecified atom stereocenters. The number of nitrogens with one attached hydrogen (secondary N) is 1. The Labute approximate surface area is 202 Å². The average molecular weight is 477 g/mol. The second kappa shape index (κ2) is 8.72. The number of benzene rings is 2. The zero-order valence-electron chi connectivity index (χ0n) is 19.0. The highest BCUT2D eigenvalue weighted by Gasteiger charge is 2.46. The second-order valence-electron chi connectivity index (χ2n) is 8.91. The van der Waals surface area contributed by atoms with E-state index in [1.165, 1.54) is 4.90 Å². The van der Waals surface area contributed by atoms with Gasteiger partial charge in [-0.2, -0.15) is 5.10 Å². The summed E-state index contributed by atoms with van der Waals surface area (Å²) in [5, 5.41) is 8.20. The van der Waals surface area contributed by atoms with E-state index in [1.807, 2.05) is 32.0 Å². The van der Waals surface area contributed by atoms with Crippen LogP contribution >= 0.6 is 11.6 Å². The first-order chi connectivity index (χ1) is 16.4. The Bertz CT molecular complexity index is 1270. The molecule has 2 atom stereocenters. The van der Waals surface area contributed by atoms with Gasteiger partial charge in [-0.15, -0.1) is 0 Å². The van der Waals surface area contributed by atoms with E-state index >= 15 is 0 Å². The van der Waals surface area contributed by atoms with Crippen molar-refractivity contribution in [1.82, 2.24) is 20.0 Å². The molecule has 3 amide bonds. The number of amides is 3. The predicted octanol–water partition coefficient (Wildman–Crippen LogP) is 4.33. The van der Waals surface area contributed by atoms with E-state index in [2.05, 4.69) is 10.2 Å². The fourth-order valence-electron chi connectivity index (χ4n) is 4.84. The molecule has 0 saturated heterocycles. The van der Waals surface area contributed by atoms with Crippen LogP contribution in [0.15, 0.2) is 48.5 Å². The minimum Gasteiger partial charge on any atom is -0.336 e. The quantitative estimate of drug-likeness (QED) is 0.555. The van der Waals surface area contributed by atoms with Gasteiger partial charge in [0.1, 0.15) is 6.04 Å². The molecule has 0 saturated carbocycles. The molecule has 7 nitrogen and oxygen atoms in total. The number of fused-ring (bicyclic) bond motifs is 2. The number of carbonyl (C=O) groups is 3. The number of imide groups is 1. The van der Waals surface area contributed by atoms with Gasteiger partial charge in [0.05, 0.1) is 16.8 Å². The van der Waals surface area contributed by atoms with Crippen molar-refractivity contribution in [2.75, 3.05) is 6.54 Å². The van der Waals surface area contributed by atoms with Crippen molar-refractivity contribution >= 4 is 29.3 Å². The summed E-state index contributed by atoms with van der Waals surface area (Å²) in [6, 6.07) is 13.3.